The van der Waals surface area contributed by atoms with Gasteiger partial charge in [-0.2, -0.15) is 0 Å². The van der Waals surface area contributed by atoms with Crippen molar-refractivity contribution >= 4 is 5.91 Å². The molecule has 1 heterocycles. The highest BCUT2D eigenvalue weighted by Gasteiger charge is 2.20. The Hall–Kier alpha value is -0.570. The number of amides is 1. The standard InChI is InChI=1S/C13H26N2O/c1-10(2)13(16)14-9-12(4)15-7-5-11(3)6-8-15/h10-12H,5-9H2,1-4H3,(H,14,16). The third kappa shape index (κ3) is 4.12. The quantitative estimate of drug-likeness (QED) is 0.794. The lowest BCUT2D eigenvalue weighted by atomic mass is 9.98. The van der Waals surface area contributed by atoms with Crippen LogP contribution in [0.4, 0.5) is 0 Å². The van der Waals surface area contributed by atoms with Crippen LogP contribution in [0.5, 0.6) is 0 Å². The maximum absolute atomic E-state index is 11.5. The number of carbonyl (C=O) groups is 1. The number of likely N-dealkylation sites (tertiary alicyclic amines) is 1. The van der Waals surface area contributed by atoms with Crippen molar-refractivity contribution in [1.29, 1.82) is 0 Å². The van der Waals surface area contributed by atoms with Gasteiger partial charge in [-0.25, -0.2) is 0 Å². The van der Waals surface area contributed by atoms with Crippen molar-refractivity contribution < 1.29 is 4.79 Å². The average molecular weight is 226 g/mol. The topological polar surface area (TPSA) is 32.3 Å². The van der Waals surface area contributed by atoms with Crippen LogP contribution in [0.25, 0.3) is 0 Å². The van der Waals surface area contributed by atoms with Crippen molar-refractivity contribution in [3.63, 3.8) is 0 Å². The summed E-state index contributed by atoms with van der Waals surface area (Å²) in [5, 5.41) is 3.01. The van der Waals surface area contributed by atoms with Crippen molar-refractivity contribution in [3.05, 3.63) is 0 Å². The molecule has 0 saturated carbocycles. The Morgan fingerprint density at radius 2 is 1.88 bits per heavy atom. The second-order valence-electron chi connectivity index (χ2n) is 5.47. The lowest BCUT2D eigenvalue weighted by Gasteiger charge is -2.35. The molecule has 0 aromatic carbocycles. The predicted molar refractivity (Wildman–Crippen MR) is 67.3 cm³/mol. The van der Waals surface area contributed by atoms with Gasteiger partial charge in [0.15, 0.2) is 0 Å². The van der Waals surface area contributed by atoms with Crippen LogP contribution in [0.15, 0.2) is 0 Å². The fraction of sp³-hybridized carbons (Fsp3) is 0.923. The summed E-state index contributed by atoms with van der Waals surface area (Å²) in [6, 6.07) is 0.468. The Balaban J connectivity index is 2.24. The third-order valence-electron chi connectivity index (χ3n) is 3.54. The summed E-state index contributed by atoms with van der Waals surface area (Å²) in [6.07, 6.45) is 2.59. The molecule has 1 amide bonds. The number of hydrogen-bond acceptors (Lipinski definition) is 2. The van der Waals surface area contributed by atoms with E-state index >= 15 is 0 Å². The molecule has 1 unspecified atom stereocenters. The summed E-state index contributed by atoms with van der Waals surface area (Å²) in [7, 11) is 0. The first-order valence-corrected chi connectivity index (χ1v) is 6.52. The van der Waals surface area contributed by atoms with Gasteiger partial charge in [-0.3, -0.25) is 9.69 Å². The molecule has 1 N–H and O–H groups in total. The van der Waals surface area contributed by atoms with E-state index in [1.165, 1.54) is 25.9 Å². The first kappa shape index (κ1) is 13.5. The molecule has 1 fully saturated rings. The highest BCUT2D eigenvalue weighted by atomic mass is 16.1. The molecule has 0 aliphatic carbocycles. The maximum Gasteiger partial charge on any atom is 0.222 e. The molecule has 0 spiro atoms. The second kappa shape index (κ2) is 6.24. The first-order chi connectivity index (χ1) is 7.50. The molecule has 0 bridgehead atoms. The van der Waals surface area contributed by atoms with E-state index in [1.54, 1.807) is 0 Å². The van der Waals surface area contributed by atoms with Crippen LogP contribution in [0.3, 0.4) is 0 Å². The summed E-state index contributed by atoms with van der Waals surface area (Å²) in [4.78, 5) is 13.9. The van der Waals surface area contributed by atoms with Gasteiger partial charge in [0, 0.05) is 18.5 Å². The Kier molecular flexibility index (Phi) is 5.26. The molecule has 1 rings (SSSR count). The molecular weight excluding hydrogens is 200 g/mol. The number of piperidine rings is 1. The number of nitrogens with zero attached hydrogens (tertiary/aromatic N) is 1. The molecule has 1 aliphatic heterocycles. The SMILES string of the molecule is CC1CCN(C(C)CNC(=O)C(C)C)CC1. The molecule has 0 radical (unpaired) electrons. The van der Waals surface area contributed by atoms with Crippen molar-refractivity contribution in [2.24, 2.45) is 11.8 Å². The van der Waals surface area contributed by atoms with E-state index in [0.717, 1.165) is 12.5 Å². The molecule has 0 aromatic rings. The highest BCUT2D eigenvalue weighted by Crippen LogP contribution is 2.17. The van der Waals surface area contributed by atoms with Crippen LogP contribution in [0.2, 0.25) is 0 Å². The zero-order valence-corrected chi connectivity index (χ0v) is 11.1. The van der Waals surface area contributed by atoms with E-state index in [2.05, 4.69) is 24.1 Å². The second-order valence-corrected chi connectivity index (χ2v) is 5.47. The van der Waals surface area contributed by atoms with E-state index in [4.69, 9.17) is 0 Å². The summed E-state index contributed by atoms with van der Waals surface area (Å²) in [5.74, 6) is 1.12. The molecule has 1 saturated heterocycles. The average Bonchev–Trinajstić information content (AvgIpc) is 2.26. The van der Waals surface area contributed by atoms with Gasteiger partial charge in [-0.05, 0) is 38.8 Å². The maximum atomic E-state index is 11.5. The van der Waals surface area contributed by atoms with E-state index < -0.39 is 0 Å². The lowest BCUT2D eigenvalue weighted by Crippen LogP contribution is -2.46. The van der Waals surface area contributed by atoms with Crippen molar-refractivity contribution in [3.8, 4) is 0 Å². The normalized spacial score (nSPS) is 21.1. The largest absolute Gasteiger partial charge is 0.354 e. The Morgan fingerprint density at radius 1 is 1.31 bits per heavy atom. The highest BCUT2D eigenvalue weighted by molar-refractivity contribution is 5.77. The molecular formula is C13H26N2O. The molecule has 94 valence electrons. The molecule has 16 heavy (non-hydrogen) atoms. The van der Waals surface area contributed by atoms with Crippen molar-refractivity contribution in [1.82, 2.24) is 10.2 Å². The minimum absolute atomic E-state index is 0.0913. The minimum atomic E-state index is 0.0913. The van der Waals surface area contributed by atoms with Gasteiger partial charge < -0.3 is 5.32 Å². The Morgan fingerprint density at radius 3 is 2.38 bits per heavy atom. The zero-order valence-electron chi connectivity index (χ0n) is 11.1. The van der Waals surface area contributed by atoms with Crippen LogP contribution in [-0.2, 0) is 4.79 Å². The van der Waals surface area contributed by atoms with Crippen LogP contribution in [0.1, 0.15) is 40.5 Å². The van der Waals surface area contributed by atoms with Gasteiger partial charge in [-0.1, -0.05) is 20.8 Å². The zero-order chi connectivity index (χ0) is 12.1. The number of rotatable bonds is 4. The Bertz CT molecular complexity index is 220. The van der Waals surface area contributed by atoms with E-state index in [1.807, 2.05) is 13.8 Å². The van der Waals surface area contributed by atoms with Crippen LogP contribution < -0.4 is 5.32 Å². The van der Waals surface area contributed by atoms with Gasteiger partial charge in [0.1, 0.15) is 0 Å². The number of nitrogens with one attached hydrogen (secondary N) is 1. The van der Waals surface area contributed by atoms with E-state index in [9.17, 15) is 4.79 Å². The Labute approximate surface area is 99.6 Å². The third-order valence-corrected chi connectivity index (χ3v) is 3.54. The summed E-state index contributed by atoms with van der Waals surface area (Å²) in [5.41, 5.74) is 0. The smallest absolute Gasteiger partial charge is 0.222 e. The molecule has 0 aromatic heterocycles. The van der Waals surface area contributed by atoms with Gasteiger partial charge in [0.25, 0.3) is 0 Å². The summed E-state index contributed by atoms with van der Waals surface area (Å²) >= 11 is 0. The fourth-order valence-electron chi connectivity index (χ4n) is 2.05. The van der Waals surface area contributed by atoms with Crippen LogP contribution in [-0.4, -0.2) is 36.5 Å². The van der Waals surface area contributed by atoms with E-state index in [0.29, 0.717) is 6.04 Å². The fourth-order valence-corrected chi connectivity index (χ4v) is 2.05. The van der Waals surface area contributed by atoms with Gasteiger partial charge in [0.05, 0.1) is 0 Å². The van der Waals surface area contributed by atoms with Crippen molar-refractivity contribution in [2.45, 2.75) is 46.6 Å². The van der Waals surface area contributed by atoms with E-state index in [-0.39, 0.29) is 11.8 Å². The predicted octanol–water partition coefficient (Wildman–Crippen LogP) is 1.88. The monoisotopic (exact) mass is 226 g/mol. The molecule has 1 atom stereocenters. The van der Waals surface area contributed by atoms with Gasteiger partial charge in [-0.15, -0.1) is 0 Å². The molecule has 3 nitrogen and oxygen atoms in total. The van der Waals surface area contributed by atoms with Gasteiger partial charge >= 0.3 is 0 Å². The number of hydrogen-bond donors (Lipinski definition) is 1. The summed E-state index contributed by atoms with van der Waals surface area (Å²) in [6.45, 7) is 11.5. The lowest BCUT2D eigenvalue weighted by molar-refractivity contribution is -0.124. The minimum Gasteiger partial charge on any atom is -0.354 e. The first-order valence-electron chi connectivity index (χ1n) is 6.52. The van der Waals surface area contributed by atoms with Crippen LogP contribution in [0, 0.1) is 11.8 Å². The molecule has 1 aliphatic rings. The number of carbonyl (C=O) groups excluding carboxylic acids is 1. The van der Waals surface area contributed by atoms with Crippen molar-refractivity contribution in [2.75, 3.05) is 19.6 Å². The molecule has 3 heteroatoms. The van der Waals surface area contributed by atoms with Crippen LogP contribution >= 0.6 is 0 Å². The van der Waals surface area contributed by atoms with Gasteiger partial charge in [0.2, 0.25) is 5.91 Å². The summed E-state index contributed by atoms with van der Waals surface area (Å²) < 4.78 is 0.